The van der Waals surface area contributed by atoms with Crippen molar-refractivity contribution < 1.29 is 14.6 Å². The molecule has 0 aliphatic rings. The van der Waals surface area contributed by atoms with Crippen LogP contribution in [-0.4, -0.2) is 28.0 Å². The molecule has 0 saturated heterocycles. The maximum absolute atomic E-state index is 12.2. The monoisotopic (exact) mass is 306 g/mol. The number of fused-ring (bicyclic) bond motifs is 1. The largest absolute Gasteiger partial charge is 0.504 e. The maximum Gasteiger partial charge on any atom is 0.185 e. The van der Waals surface area contributed by atoms with E-state index in [-0.39, 0.29) is 17.3 Å². The molecule has 0 aliphatic heterocycles. The highest BCUT2D eigenvalue weighted by atomic mass is 16.5. The van der Waals surface area contributed by atoms with Gasteiger partial charge in [-0.05, 0) is 42.0 Å². The highest BCUT2D eigenvalue weighted by Crippen LogP contribution is 2.26. The molecule has 3 rings (SSSR count). The van der Waals surface area contributed by atoms with Crippen LogP contribution in [0.3, 0.4) is 0 Å². The zero-order valence-corrected chi connectivity index (χ0v) is 12.4. The number of nitrogens with zero attached hydrogens (tertiary/aromatic N) is 2. The van der Waals surface area contributed by atoms with Gasteiger partial charge >= 0.3 is 0 Å². The van der Waals surface area contributed by atoms with Crippen LogP contribution in [0.4, 0.5) is 0 Å². The van der Waals surface area contributed by atoms with Crippen molar-refractivity contribution in [1.29, 1.82) is 0 Å². The second-order valence-electron chi connectivity index (χ2n) is 4.89. The van der Waals surface area contributed by atoms with E-state index < -0.39 is 0 Å². The lowest BCUT2D eigenvalue weighted by molar-refractivity contribution is 0.104. The van der Waals surface area contributed by atoms with Gasteiger partial charge in [-0.15, -0.1) is 0 Å². The summed E-state index contributed by atoms with van der Waals surface area (Å²) in [4.78, 5) is 20.6. The molecule has 0 atom stereocenters. The predicted molar refractivity (Wildman–Crippen MR) is 87.6 cm³/mol. The van der Waals surface area contributed by atoms with Gasteiger partial charge < -0.3 is 9.84 Å². The molecule has 0 saturated carbocycles. The van der Waals surface area contributed by atoms with Crippen LogP contribution in [-0.2, 0) is 0 Å². The number of carbonyl (C=O) groups excluding carboxylic acids is 1. The number of carbonyl (C=O) groups is 1. The predicted octanol–water partition coefficient (Wildman–Crippen LogP) is 3.24. The number of allylic oxidation sites excluding steroid dienone is 1. The van der Waals surface area contributed by atoms with E-state index in [1.807, 2.05) is 18.2 Å². The van der Waals surface area contributed by atoms with Crippen LogP contribution in [0.15, 0.2) is 54.9 Å². The number of ether oxygens (including phenoxy) is 1. The molecule has 0 spiro atoms. The molecule has 1 N–H and O–H groups in total. The standard InChI is InChI=1S/C18H14N2O3/c1-23-18-11-13(4-7-17(18)22)16(21)6-3-12-2-5-14-15(10-12)20-9-8-19-14/h2-11,22H,1H3. The van der Waals surface area contributed by atoms with Crippen LogP contribution in [0.1, 0.15) is 15.9 Å². The lowest BCUT2D eigenvalue weighted by Crippen LogP contribution is -1.95. The minimum absolute atomic E-state index is 0.00105. The summed E-state index contributed by atoms with van der Waals surface area (Å²) in [5, 5.41) is 9.56. The Morgan fingerprint density at radius 1 is 1.09 bits per heavy atom. The molecule has 0 bridgehead atoms. The Hall–Kier alpha value is -3.21. The third kappa shape index (κ3) is 3.18. The van der Waals surface area contributed by atoms with Crippen LogP contribution in [0.5, 0.6) is 11.5 Å². The Bertz CT molecular complexity index is 904. The Balaban J connectivity index is 1.84. The van der Waals surface area contributed by atoms with E-state index in [9.17, 15) is 9.90 Å². The molecule has 5 nitrogen and oxygen atoms in total. The summed E-state index contributed by atoms with van der Waals surface area (Å²) in [6.07, 6.45) is 6.46. The number of rotatable bonds is 4. The van der Waals surface area contributed by atoms with Crippen molar-refractivity contribution >= 4 is 22.9 Å². The Morgan fingerprint density at radius 3 is 2.65 bits per heavy atom. The fraction of sp³-hybridized carbons (Fsp3) is 0.0556. The zero-order valence-electron chi connectivity index (χ0n) is 12.4. The van der Waals surface area contributed by atoms with Gasteiger partial charge in [0.2, 0.25) is 0 Å². The van der Waals surface area contributed by atoms with E-state index in [0.717, 1.165) is 16.6 Å². The van der Waals surface area contributed by atoms with Gasteiger partial charge in [0.15, 0.2) is 17.3 Å². The van der Waals surface area contributed by atoms with Crippen LogP contribution in [0, 0.1) is 0 Å². The van der Waals surface area contributed by atoms with E-state index >= 15 is 0 Å². The van der Waals surface area contributed by atoms with E-state index in [1.54, 1.807) is 24.5 Å². The smallest absolute Gasteiger partial charge is 0.185 e. The summed E-state index contributed by atoms with van der Waals surface area (Å²) in [6, 6.07) is 10.1. The van der Waals surface area contributed by atoms with Gasteiger partial charge in [0, 0.05) is 18.0 Å². The number of phenolic OH excluding ortho intramolecular Hbond substituents is 1. The molecule has 0 aliphatic carbocycles. The molecule has 2 aromatic carbocycles. The second-order valence-corrected chi connectivity index (χ2v) is 4.89. The number of hydrogen-bond donors (Lipinski definition) is 1. The molecule has 23 heavy (non-hydrogen) atoms. The Labute approximate surface area is 132 Å². The first-order valence-corrected chi connectivity index (χ1v) is 6.97. The first-order valence-electron chi connectivity index (χ1n) is 6.97. The van der Waals surface area contributed by atoms with Crippen molar-refractivity contribution in [2.24, 2.45) is 0 Å². The molecule has 114 valence electrons. The molecular weight excluding hydrogens is 292 g/mol. The molecule has 1 heterocycles. The van der Waals surface area contributed by atoms with Gasteiger partial charge in [0.25, 0.3) is 0 Å². The summed E-state index contributed by atoms with van der Waals surface area (Å²) >= 11 is 0. The molecule has 0 fully saturated rings. The second kappa shape index (κ2) is 6.27. The molecule has 5 heteroatoms. The van der Waals surface area contributed by atoms with E-state index in [0.29, 0.717) is 5.56 Å². The van der Waals surface area contributed by atoms with Crippen molar-refractivity contribution in [3.05, 3.63) is 66.0 Å². The maximum atomic E-state index is 12.2. The van der Waals surface area contributed by atoms with E-state index in [1.165, 1.54) is 25.3 Å². The number of benzene rings is 2. The van der Waals surface area contributed by atoms with Crippen molar-refractivity contribution in [2.45, 2.75) is 0 Å². The molecular formula is C18H14N2O3. The summed E-state index contributed by atoms with van der Waals surface area (Å²) in [7, 11) is 1.44. The van der Waals surface area contributed by atoms with Crippen LogP contribution in [0.2, 0.25) is 0 Å². The summed E-state index contributed by atoms with van der Waals surface area (Å²) in [6.45, 7) is 0. The fourth-order valence-electron chi connectivity index (χ4n) is 2.18. The number of hydrogen-bond acceptors (Lipinski definition) is 5. The minimum Gasteiger partial charge on any atom is -0.504 e. The minimum atomic E-state index is -0.178. The van der Waals surface area contributed by atoms with Crippen LogP contribution >= 0.6 is 0 Å². The van der Waals surface area contributed by atoms with Crippen molar-refractivity contribution in [2.75, 3.05) is 7.11 Å². The van der Waals surface area contributed by atoms with Gasteiger partial charge in [-0.2, -0.15) is 0 Å². The SMILES string of the molecule is COc1cc(C(=O)C=Cc2ccc3nccnc3c2)ccc1O. The number of ketones is 1. The van der Waals surface area contributed by atoms with Gasteiger partial charge in [-0.25, -0.2) is 0 Å². The van der Waals surface area contributed by atoms with Crippen molar-refractivity contribution in [3.8, 4) is 11.5 Å². The number of methoxy groups -OCH3 is 1. The Morgan fingerprint density at radius 2 is 1.87 bits per heavy atom. The molecule has 0 radical (unpaired) electrons. The molecule has 0 amide bonds. The van der Waals surface area contributed by atoms with Gasteiger partial charge in [-0.3, -0.25) is 14.8 Å². The highest BCUT2D eigenvalue weighted by Gasteiger charge is 2.07. The van der Waals surface area contributed by atoms with Crippen molar-refractivity contribution in [3.63, 3.8) is 0 Å². The van der Waals surface area contributed by atoms with E-state index in [2.05, 4.69) is 9.97 Å². The number of aromatic hydroxyl groups is 1. The number of phenols is 1. The summed E-state index contributed by atoms with van der Waals surface area (Å²) in [5.74, 6) is 0.0916. The summed E-state index contributed by atoms with van der Waals surface area (Å²) in [5.41, 5.74) is 2.88. The van der Waals surface area contributed by atoms with E-state index in [4.69, 9.17) is 4.74 Å². The molecule has 1 aromatic heterocycles. The number of aromatic nitrogens is 2. The van der Waals surface area contributed by atoms with Gasteiger partial charge in [0.1, 0.15) is 0 Å². The van der Waals surface area contributed by atoms with Crippen LogP contribution in [0.25, 0.3) is 17.1 Å². The lowest BCUT2D eigenvalue weighted by atomic mass is 10.1. The average molecular weight is 306 g/mol. The van der Waals surface area contributed by atoms with Gasteiger partial charge in [-0.1, -0.05) is 12.1 Å². The highest BCUT2D eigenvalue weighted by molar-refractivity contribution is 6.07. The topological polar surface area (TPSA) is 72.3 Å². The summed E-state index contributed by atoms with van der Waals surface area (Å²) < 4.78 is 5.01. The normalized spacial score (nSPS) is 11.0. The third-order valence-electron chi connectivity index (χ3n) is 3.38. The molecule has 3 aromatic rings. The van der Waals surface area contributed by atoms with Crippen molar-refractivity contribution in [1.82, 2.24) is 9.97 Å². The lowest BCUT2D eigenvalue weighted by Gasteiger charge is -2.04. The zero-order chi connectivity index (χ0) is 16.2. The third-order valence-corrected chi connectivity index (χ3v) is 3.38. The van der Waals surface area contributed by atoms with Gasteiger partial charge in [0.05, 0.1) is 18.1 Å². The first kappa shape index (κ1) is 14.7. The first-order chi connectivity index (χ1) is 11.2. The fourth-order valence-corrected chi connectivity index (χ4v) is 2.18. The van der Waals surface area contributed by atoms with Crippen LogP contribution < -0.4 is 4.74 Å². The quantitative estimate of drug-likeness (QED) is 0.592. The molecule has 0 unspecified atom stereocenters. The average Bonchev–Trinajstić information content (AvgIpc) is 2.60. The Kier molecular flexibility index (Phi) is 4.01.